The lowest BCUT2D eigenvalue weighted by molar-refractivity contribution is -0.123. The van der Waals surface area contributed by atoms with Crippen molar-refractivity contribution in [3.63, 3.8) is 0 Å². The molecule has 0 bridgehead atoms. The number of ether oxygens (including phenoxy) is 1. The van der Waals surface area contributed by atoms with Crippen LogP contribution in [0.25, 0.3) is 0 Å². The number of amides is 1. The topological polar surface area (TPSA) is 68.5 Å². The molecule has 22 heavy (non-hydrogen) atoms. The van der Waals surface area contributed by atoms with E-state index < -0.39 is 18.0 Å². The van der Waals surface area contributed by atoms with Crippen LogP contribution in [0.15, 0.2) is 34.7 Å². The predicted octanol–water partition coefficient (Wildman–Crippen LogP) is 3.73. The second-order valence-corrected chi connectivity index (χ2v) is 5.31. The first kappa shape index (κ1) is 16.1. The third-order valence-corrected chi connectivity index (χ3v) is 3.24. The van der Waals surface area contributed by atoms with Crippen molar-refractivity contribution in [3.05, 3.63) is 52.4 Å². The zero-order valence-electron chi connectivity index (χ0n) is 12.5. The molecule has 0 unspecified atom stereocenters. The highest BCUT2D eigenvalue weighted by Gasteiger charge is 2.22. The van der Waals surface area contributed by atoms with Crippen LogP contribution in [0.1, 0.15) is 28.8 Å². The first-order valence-corrected chi connectivity index (χ1v) is 7.09. The molecule has 1 aromatic carbocycles. The molecule has 0 aliphatic rings. The highest BCUT2D eigenvalue weighted by molar-refractivity contribution is 6.30. The Morgan fingerprint density at radius 2 is 2.00 bits per heavy atom. The predicted molar refractivity (Wildman–Crippen MR) is 83.1 cm³/mol. The van der Waals surface area contributed by atoms with Crippen LogP contribution in [-0.2, 0) is 9.53 Å². The Bertz CT molecular complexity index is 708. The number of aryl methyl sites for hydroxylation is 2. The van der Waals surface area contributed by atoms with E-state index in [0.717, 1.165) is 0 Å². The van der Waals surface area contributed by atoms with Crippen LogP contribution in [0.4, 0.5) is 5.69 Å². The van der Waals surface area contributed by atoms with Crippen molar-refractivity contribution < 1.29 is 18.7 Å². The van der Waals surface area contributed by atoms with Gasteiger partial charge in [0, 0.05) is 10.7 Å². The van der Waals surface area contributed by atoms with Crippen molar-refractivity contribution >= 4 is 29.2 Å². The van der Waals surface area contributed by atoms with Gasteiger partial charge in [-0.15, -0.1) is 0 Å². The van der Waals surface area contributed by atoms with Gasteiger partial charge in [-0.2, -0.15) is 0 Å². The molecular weight excluding hydrogens is 306 g/mol. The molecule has 1 aromatic heterocycles. The number of anilines is 1. The van der Waals surface area contributed by atoms with Gasteiger partial charge < -0.3 is 14.5 Å². The van der Waals surface area contributed by atoms with Crippen LogP contribution in [0.2, 0.25) is 5.02 Å². The summed E-state index contributed by atoms with van der Waals surface area (Å²) < 4.78 is 10.4. The fourth-order valence-electron chi connectivity index (χ4n) is 1.92. The van der Waals surface area contributed by atoms with Crippen LogP contribution < -0.4 is 5.32 Å². The van der Waals surface area contributed by atoms with E-state index in [0.29, 0.717) is 27.8 Å². The van der Waals surface area contributed by atoms with E-state index in [4.69, 9.17) is 20.8 Å². The quantitative estimate of drug-likeness (QED) is 0.871. The Morgan fingerprint density at radius 3 is 2.59 bits per heavy atom. The SMILES string of the molecule is Cc1cc(C(=O)O[C@@H](C)C(=O)Nc2cccc(Cl)c2)c(C)o1. The molecule has 0 fully saturated rings. The number of carbonyl (C=O) groups is 2. The molecule has 1 amide bonds. The van der Waals surface area contributed by atoms with Crippen molar-refractivity contribution in [1.82, 2.24) is 0 Å². The minimum absolute atomic E-state index is 0.319. The van der Waals surface area contributed by atoms with Crippen LogP contribution in [0.3, 0.4) is 0 Å². The van der Waals surface area contributed by atoms with Crippen LogP contribution in [0, 0.1) is 13.8 Å². The lowest BCUT2D eigenvalue weighted by Gasteiger charge is -2.13. The van der Waals surface area contributed by atoms with Gasteiger partial charge in [-0.25, -0.2) is 4.79 Å². The lowest BCUT2D eigenvalue weighted by Crippen LogP contribution is -2.30. The monoisotopic (exact) mass is 321 g/mol. The largest absolute Gasteiger partial charge is 0.466 e. The third-order valence-electron chi connectivity index (χ3n) is 3.01. The van der Waals surface area contributed by atoms with E-state index in [9.17, 15) is 9.59 Å². The number of hydrogen-bond donors (Lipinski definition) is 1. The standard InChI is InChI=1S/C16H16ClNO4/c1-9-7-14(10(2)21-9)16(20)22-11(3)15(19)18-13-6-4-5-12(17)8-13/h4-8,11H,1-3H3,(H,18,19)/t11-/m0/s1. The number of halogens is 1. The maximum Gasteiger partial charge on any atom is 0.342 e. The summed E-state index contributed by atoms with van der Waals surface area (Å²) in [5, 5.41) is 3.14. The smallest absolute Gasteiger partial charge is 0.342 e. The Kier molecular flexibility index (Phi) is 4.88. The molecule has 0 saturated heterocycles. The molecule has 1 N–H and O–H groups in total. The van der Waals surface area contributed by atoms with E-state index >= 15 is 0 Å². The summed E-state index contributed by atoms with van der Waals surface area (Å²) in [4.78, 5) is 24.0. The van der Waals surface area contributed by atoms with Crippen molar-refractivity contribution in [3.8, 4) is 0 Å². The van der Waals surface area contributed by atoms with Crippen molar-refractivity contribution in [1.29, 1.82) is 0 Å². The average Bonchev–Trinajstić information content (AvgIpc) is 2.77. The Labute approximate surface area is 133 Å². The number of carbonyl (C=O) groups excluding carboxylic acids is 2. The van der Waals surface area contributed by atoms with Crippen LogP contribution >= 0.6 is 11.6 Å². The maximum atomic E-state index is 12.0. The van der Waals surface area contributed by atoms with Gasteiger partial charge in [-0.3, -0.25) is 4.79 Å². The number of benzene rings is 1. The zero-order chi connectivity index (χ0) is 16.3. The van der Waals surface area contributed by atoms with Gasteiger partial charge in [-0.1, -0.05) is 17.7 Å². The number of esters is 1. The van der Waals surface area contributed by atoms with Crippen molar-refractivity contribution in [2.24, 2.45) is 0 Å². The Balaban J connectivity index is 1.99. The van der Waals surface area contributed by atoms with E-state index in [1.165, 1.54) is 6.92 Å². The van der Waals surface area contributed by atoms with Gasteiger partial charge in [0.05, 0.1) is 0 Å². The summed E-state index contributed by atoms with van der Waals surface area (Å²) >= 11 is 5.84. The van der Waals surface area contributed by atoms with Crippen molar-refractivity contribution in [2.75, 3.05) is 5.32 Å². The van der Waals surface area contributed by atoms with Gasteiger partial charge in [0.25, 0.3) is 5.91 Å². The Morgan fingerprint density at radius 1 is 1.27 bits per heavy atom. The molecular formula is C16H16ClNO4. The van der Waals surface area contributed by atoms with Gasteiger partial charge in [0.2, 0.25) is 0 Å². The molecule has 1 atom stereocenters. The van der Waals surface area contributed by atoms with E-state index in [-0.39, 0.29) is 0 Å². The highest BCUT2D eigenvalue weighted by Crippen LogP contribution is 2.17. The number of rotatable bonds is 4. The molecule has 2 rings (SSSR count). The minimum Gasteiger partial charge on any atom is -0.466 e. The van der Waals surface area contributed by atoms with Gasteiger partial charge in [-0.05, 0) is 45.0 Å². The summed E-state index contributed by atoms with van der Waals surface area (Å²) in [7, 11) is 0. The van der Waals surface area contributed by atoms with Gasteiger partial charge >= 0.3 is 5.97 Å². The normalized spacial score (nSPS) is 11.8. The number of furan rings is 1. The summed E-state index contributed by atoms with van der Waals surface area (Å²) in [6.07, 6.45) is -0.943. The van der Waals surface area contributed by atoms with Gasteiger partial charge in [0.1, 0.15) is 17.1 Å². The molecule has 0 radical (unpaired) electrons. The van der Waals surface area contributed by atoms with Crippen LogP contribution in [0.5, 0.6) is 0 Å². The zero-order valence-corrected chi connectivity index (χ0v) is 13.2. The van der Waals surface area contributed by atoms with E-state index in [1.54, 1.807) is 44.2 Å². The Hall–Kier alpha value is -2.27. The molecule has 0 saturated carbocycles. The molecule has 6 heteroatoms. The summed E-state index contributed by atoms with van der Waals surface area (Å²) in [6, 6.07) is 8.30. The second kappa shape index (κ2) is 6.66. The molecule has 0 spiro atoms. The summed E-state index contributed by atoms with van der Waals surface area (Å²) in [5.74, 6) is 0.0435. The molecule has 0 aliphatic carbocycles. The molecule has 0 aliphatic heterocycles. The fraction of sp³-hybridized carbons (Fsp3) is 0.250. The lowest BCUT2D eigenvalue weighted by atomic mass is 10.2. The molecule has 1 heterocycles. The molecule has 116 valence electrons. The first-order valence-electron chi connectivity index (χ1n) is 6.71. The fourth-order valence-corrected chi connectivity index (χ4v) is 2.11. The van der Waals surface area contributed by atoms with Crippen molar-refractivity contribution in [2.45, 2.75) is 26.9 Å². The molecule has 2 aromatic rings. The van der Waals surface area contributed by atoms with E-state index in [2.05, 4.69) is 5.32 Å². The number of nitrogens with one attached hydrogen (secondary N) is 1. The van der Waals surface area contributed by atoms with Crippen LogP contribution in [-0.4, -0.2) is 18.0 Å². The molecule has 5 nitrogen and oxygen atoms in total. The van der Waals surface area contributed by atoms with E-state index in [1.807, 2.05) is 0 Å². The summed E-state index contributed by atoms with van der Waals surface area (Å²) in [5.41, 5.74) is 0.857. The average molecular weight is 322 g/mol. The maximum absolute atomic E-state index is 12.0. The second-order valence-electron chi connectivity index (χ2n) is 4.87. The summed E-state index contributed by atoms with van der Waals surface area (Å²) in [6.45, 7) is 4.90. The third kappa shape index (κ3) is 3.89. The first-order chi connectivity index (χ1) is 10.4. The highest BCUT2D eigenvalue weighted by atomic mass is 35.5. The number of hydrogen-bond acceptors (Lipinski definition) is 4. The minimum atomic E-state index is -0.943. The van der Waals surface area contributed by atoms with Gasteiger partial charge in [0.15, 0.2) is 6.10 Å².